The number of hydrogen-bond donors (Lipinski definition) is 2. The average Bonchev–Trinajstić information content (AvgIpc) is 3.24. The topological polar surface area (TPSA) is 57.3 Å². The molecule has 138 valence electrons. The molecular weight excluding hydrogens is 379 g/mol. The summed E-state index contributed by atoms with van der Waals surface area (Å²) in [5, 5.41) is 7.44. The van der Waals surface area contributed by atoms with Crippen molar-refractivity contribution in [2.24, 2.45) is 0 Å². The Kier molecular flexibility index (Phi) is 7.31. The molecule has 0 spiro atoms. The summed E-state index contributed by atoms with van der Waals surface area (Å²) >= 11 is 1.72. The number of thiazole rings is 1. The van der Waals surface area contributed by atoms with Gasteiger partial charge in [-0.25, -0.2) is 4.98 Å². The number of piperidine rings is 1. The molecule has 1 aromatic heterocycles. The van der Waals surface area contributed by atoms with Crippen LogP contribution < -0.4 is 15.5 Å². The number of amides is 1. The zero-order valence-electron chi connectivity index (χ0n) is 14.0. The Balaban J connectivity index is 0.00000113. The Morgan fingerprint density at radius 2 is 2.00 bits per heavy atom. The van der Waals surface area contributed by atoms with Gasteiger partial charge in [-0.1, -0.05) is 17.8 Å². The van der Waals surface area contributed by atoms with E-state index < -0.39 is 0 Å². The minimum atomic E-state index is -0.0546. The van der Waals surface area contributed by atoms with Crippen molar-refractivity contribution in [3.8, 4) is 0 Å². The Bertz CT molecular complexity index is 712. The SMILES string of the molecule is Cl.Cl.O=C(Nc1ccc2nc(N3CCCC3)sc2c1)C1CCCCN1. The van der Waals surface area contributed by atoms with Gasteiger partial charge < -0.3 is 15.5 Å². The van der Waals surface area contributed by atoms with Crippen LogP contribution >= 0.6 is 36.2 Å². The van der Waals surface area contributed by atoms with Gasteiger partial charge in [0, 0.05) is 18.8 Å². The lowest BCUT2D eigenvalue weighted by atomic mass is 10.0. The second kappa shape index (κ2) is 9.03. The van der Waals surface area contributed by atoms with E-state index in [0.29, 0.717) is 0 Å². The second-order valence-electron chi connectivity index (χ2n) is 6.36. The lowest BCUT2D eigenvalue weighted by molar-refractivity contribution is -0.118. The van der Waals surface area contributed by atoms with Crippen molar-refractivity contribution in [1.82, 2.24) is 10.3 Å². The maximum absolute atomic E-state index is 12.3. The van der Waals surface area contributed by atoms with Crippen LogP contribution in [0, 0.1) is 0 Å². The number of carbonyl (C=O) groups excluding carboxylic acids is 1. The van der Waals surface area contributed by atoms with E-state index in [9.17, 15) is 4.79 Å². The zero-order valence-corrected chi connectivity index (χ0v) is 16.4. The largest absolute Gasteiger partial charge is 0.348 e. The highest BCUT2D eigenvalue weighted by molar-refractivity contribution is 7.22. The van der Waals surface area contributed by atoms with Crippen molar-refractivity contribution in [3.05, 3.63) is 18.2 Å². The van der Waals surface area contributed by atoms with Gasteiger partial charge in [0.1, 0.15) is 0 Å². The van der Waals surface area contributed by atoms with E-state index >= 15 is 0 Å². The molecule has 2 saturated heterocycles. The number of benzene rings is 1. The van der Waals surface area contributed by atoms with Crippen LogP contribution in [0.5, 0.6) is 0 Å². The van der Waals surface area contributed by atoms with Gasteiger partial charge >= 0.3 is 0 Å². The number of rotatable bonds is 3. The van der Waals surface area contributed by atoms with Gasteiger partial charge in [0.05, 0.1) is 16.3 Å². The molecule has 2 aromatic rings. The van der Waals surface area contributed by atoms with Gasteiger partial charge in [0.2, 0.25) is 5.91 Å². The summed E-state index contributed by atoms with van der Waals surface area (Å²) in [7, 11) is 0. The first-order chi connectivity index (χ1) is 11.3. The molecule has 0 saturated carbocycles. The molecule has 5 nitrogen and oxygen atoms in total. The van der Waals surface area contributed by atoms with Gasteiger partial charge in [-0.05, 0) is 50.4 Å². The van der Waals surface area contributed by atoms with Crippen LogP contribution in [0.25, 0.3) is 10.2 Å². The van der Waals surface area contributed by atoms with Gasteiger partial charge in [-0.15, -0.1) is 24.8 Å². The third-order valence-corrected chi connectivity index (χ3v) is 5.73. The van der Waals surface area contributed by atoms with Crippen LogP contribution in [0.4, 0.5) is 10.8 Å². The van der Waals surface area contributed by atoms with Gasteiger partial charge in [-0.2, -0.15) is 0 Å². The highest BCUT2D eigenvalue weighted by Crippen LogP contribution is 2.32. The minimum Gasteiger partial charge on any atom is -0.348 e. The molecule has 1 aromatic carbocycles. The predicted molar refractivity (Wildman–Crippen MR) is 110 cm³/mol. The molecule has 4 rings (SSSR count). The third-order valence-electron chi connectivity index (χ3n) is 4.65. The van der Waals surface area contributed by atoms with Crippen LogP contribution in [0.15, 0.2) is 18.2 Å². The first-order valence-corrected chi connectivity index (χ1v) is 9.31. The number of fused-ring (bicyclic) bond motifs is 1. The highest BCUT2D eigenvalue weighted by atomic mass is 35.5. The molecule has 2 fully saturated rings. The first-order valence-electron chi connectivity index (χ1n) is 8.49. The number of nitrogens with zero attached hydrogens (tertiary/aromatic N) is 2. The van der Waals surface area contributed by atoms with E-state index in [2.05, 4.69) is 15.5 Å². The lowest BCUT2D eigenvalue weighted by Crippen LogP contribution is -2.43. The maximum Gasteiger partial charge on any atom is 0.241 e. The number of anilines is 2. The third kappa shape index (κ3) is 4.56. The quantitative estimate of drug-likeness (QED) is 0.818. The fourth-order valence-corrected chi connectivity index (χ4v) is 4.40. The number of carbonyl (C=O) groups is 1. The van der Waals surface area contributed by atoms with E-state index in [1.54, 1.807) is 11.3 Å². The van der Waals surface area contributed by atoms with Crippen molar-refractivity contribution < 1.29 is 4.79 Å². The number of aromatic nitrogens is 1. The van der Waals surface area contributed by atoms with Crippen LogP contribution in [-0.2, 0) is 4.79 Å². The van der Waals surface area contributed by atoms with E-state index in [1.165, 1.54) is 12.8 Å². The molecule has 2 aliphatic heterocycles. The summed E-state index contributed by atoms with van der Waals surface area (Å²) < 4.78 is 1.14. The molecule has 3 heterocycles. The van der Waals surface area contributed by atoms with Crippen molar-refractivity contribution in [1.29, 1.82) is 0 Å². The van der Waals surface area contributed by atoms with Gasteiger partial charge in [-0.3, -0.25) is 4.79 Å². The van der Waals surface area contributed by atoms with E-state index in [4.69, 9.17) is 4.98 Å². The summed E-state index contributed by atoms with van der Waals surface area (Å²) in [5.74, 6) is 0.0772. The van der Waals surface area contributed by atoms with Crippen molar-refractivity contribution in [3.63, 3.8) is 0 Å². The highest BCUT2D eigenvalue weighted by Gasteiger charge is 2.21. The summed E-state index contributed by atoms with van der Waals surface area (Å²) in [5.41, 5.74) is 1.89. The molecule has 2 aliphatic rings. The van der Waals surface area contributed by atoms with Crippen LogP contribution in [0.1, 0.15) is 32.1 Å². The Morgan fingerprint density at radius 3 is 2.72 bits per heavy atom. The maximum atomic E-state index is 12.3. The van der Waals surface area contributed by atoms with Crippen molar-refractivity contribution in [2.45, 2.75) is 38.1 Å². The molecule has 8 heteroatoms. The molecule has 0 radical (unpaired) electrons. The summed E-state index contributed by atoms with van der Waals surface area (Å²) in [6.07, 6.45) is 5.72. The van der Waals surface area contributed by atoms with E-state index in [-0.39, 0.29) is 36.8 Å². The second-order valence-corrected chi connectivity index (χ2v) is 7.37. The Hall–Kier alpha value is -1.08. The van der Waals surface area contributed by atoms with Crippen LogP contribution in [0.3, 0.4) is 0 Å². The molecule has 0 bridgehead atoms. The standard InChI is InChI=1S/C17H22N4OS.2ClH/c22-16(14-5-1-2-8-18-14)19-12-6-7-13-15(11-12)23-17(20-13)21-9-3-4-10-21;;/h6-7,11,14,18H,1-5,8-10H2,(H,19,22);2*1H. The Labute approximate surface area is 164 Å². The molecule has 0 aliphatic carbocycles. The molecule has 25 heavy (non-hydrogen) atoms. The fraction of sp³-hybridized carbons (Fsp3) is 0.529. The van der Waals surface area contributed by atoms with E-state index in [0.717, 1.165) is 59.9 Å². The monoisotopic (exact) mass is 402 g/mol. The number of halogens is 2. The zero-order chi connectivity index (χ0) is 15.6. The van der Waals surface area contributed by atoms with Crippen molar-refractivity contribution >= 4 is 63.1 Å². The van der Waals surface area contributed by atoms with E-state index in [1.807, 2.05) is 18.2 Å². The minimum absolute atomic E-state index is 0. The summed E-state index contributed by atoms with van der Waals surface area (Å²) in [6.45, 7) is 3.15. The Morgan fingerprint density at radius 1 is 1.20 bits per heavy atom. The van der Waals surface area contributed by atoms with Crippen LogP contribution in [-0.4, -0.2) is 36.6 Å². The van der Waals surface area contributed by atoms with Crippen molar-refractivity contribution in [2.75, 3.05) is 29.9 Å². The summed E-state index contributed by atoms with van der Waals surface area (Å²) in [4.78, 5) is 19.4. The predicted octanol–water partition coefficient (Wildman–Crippen LogP) is 3.82. The van der Waals surface area contributed by atoms with Gasteiger partial charge in [0.25, 0.3) is 0 Å². The lowest BCUT2D eigenvalue weighted by Gasteiger charge is -2.22. The first kappa shape index (κ1) is 20.2. The molecular formula is C17H24Cl2N4OS. The number of hydrogen-bond acceptors (Lipinski definition) is 5. The average molecular weight is 403 g/mol. The molecule has 2 N–H and O–H groups in total. The molecule has 1 amide bonds. The fourth-order valence-electron chi connectivity index (χ4n) is 3.34. The number of nitrogens with one attached hydrogen (secondary N) is 2. The summed E-state index contributed by atoms with van der Waals surface area (Å²) in [6, 6.07) is 5.96. The molecule has 1 atom stereocenters. The van der Waals surface area contributed by atoms with Crippen LogP contribution in [0.2, 0.25) is 0 Å². The van der Waals surface area contributed by atoms with Gasteiger partial charge in [0.15, 0.2) is 5.13 Å². The normalized spacial score (nSPS) is 20.0. The smallest absolute Gasteiger partial charge is 0.241 e. The molecule has 1 unspecified atom stereocenters.